The Balaban J connectivity index is 2.44. The zero-order valence-corrected chi connectivity index (χ0v) is 11.3. The Morgan fingerprint density at radius 1 is 1.41 bits per heavy atom. The number of fused-ring (bicyclic) bond motifs is 1. The molecular weight excluding hydrogens is 232 g/mol. The molecule has 0 spiro atoms. The molecule has 0 aromatic carbocycles. The number of anilines is 1. The van der Waals surface area contributed by atoms with Gasteiger partial charge in [-0.3, -0.25) is 0 Å². The Kier molecular flexibility index (Phi) is 3.57. The minimum Gasteiger partial charge on any atom is -0.382 e. The van der Waals surface area contributed by atoms with Crippen LogP contribution >= 0.6 is 11.8 Å². The zero-order valence-electron chi connectivity index (χ0n) is 10.5. The molecule has 0 aliphatic rings. The highest BCUT2D eigenvalue weighted by Gasteiger charge is 2.11. The van der Waals surface area contributed by atoms with Crippen molar-refractivity contribution < 1.29 is 0 Å². The molecule has 2 aromatic rings. The molecular formula is C12H18N4S. The summed E-state index contributed by atoms with van der Waals surface area (Å²) in [5.41, 5.74) is 10.0. The highest BCUT2D eigenvalue weighted by molar-refractivity contribution is 7.98. The van der Waals surface area contributed by atoms with Crippen molar-refractivity contribution in [1.82, 2.24) is 14.5 Å². The molecule has 0 unspecified atom stereocenters. The summed E-state index contributed by atoms with van der Waals surface area (Å²) in [7, 11) is 0. The summed E-state index contributed by atoms with van der Waals surface area (Å²) in [4.78, 5) is 8.68. The van der Waals surface area contributed by atoms with Gasteiger partial charge in [0.15, 0.2) is 5.82 Å². The fraction of sp³-hybridized carbons (Fsp3) is 0.500. The van der Waals surface area contributed by atoms with Crippen LogP contribution in [0.15, 0.2) is 6.33 Å². The lowest BCUT2D eigenvalue weighted by Crippen LogP contribution is -2.02. The Bertz CT molecular complexity index is 533. The van der Waals surface area contributed by atoms with Crippen molar-refractivity contribution in [3.63, 3.8) is 0 Å². The van der Waals surface area contributed by atoms with E-state index < -0.39 is 0 Å². The first-order chi connectivity index (χ1) is 8.15. The number of hydrogen-bond donors (Lipinski definition) is 1. The van der Waals surface area contributed by atoms with Crippen molar-refractivity contribution in [1.29, 1.82) is 0 Å². The van der Waals surface area contributed by atoms with Crippen LogP contribution in [-0.2, 0) is 6.54 Å². The second-order valence-electron chi connectivity index (χ2n) is 4.19. The normalized spacial score (nSPS) is 11.2. The fourth-order valence-corrected chi connectivity index (χ4v) is 2.42. The van der Waals surface area contributed by atoms with Crippen LogP contribution < -0.4 is 5.73 Å². The SMILES string of the molecule is CSCCCn1cnc2c(N)nc(C)c(C)c21. The largest absolute Gasteiger partial charge is 0.382 e. The van der Waals surface area contributed by atoms with Gasteiger partial charge in [-0.2, -0.15) is 11.8 Å². The molecule has 4 nitrogen and oxygen atoms in total. The molecule has 0 atom stereocenters. The summed E-state index contributed by atoms with van der Waals surface area (Å²) in [6, 6.07) is 0. The smallest absolute Gasteiger partial charge is 0.151 e. The van der Waals surface area contributed by atoms with Gasteiger partial charge in [0.05, 0.1) is 11.8 Å². The molecule has 0 bridgehead atoms. The van der Waals surface area contributed by atoms with Crippen molar-refractivity contribution in [2.75, 3.05) is 17.7 Å². The average Bonchev–Trinajstić information content (AvgIpc) is 2.71. The van der Waals surface area contributed by atoms with E-state index in [2.05, 4.69) is 27.7 Å². The van der Waals surface area contributed by atoms with E-state index in [-0.39, 0.29) is 0 Å². The quantitative estimate of drug-likeness (QED) is 0.846. The third kappa shape index (κ3) is 2.24. The molecule has 0 aliphatic carbocycles. The van der Waals surface area contributed by atoms with E-state index in [4.69, 9.17) is 5.73 Å². The minimum atomic E-state index is 0.534. The highest BCUT2D eigenvalue weighted by Crippen LogP contribution is 2.23. The molecule has 0 saturated carbocycles. The number of rotatable bonds is 4. The molecule has 0 fully saturated rings. The highest BCUT2D eigenvalue weighted by atomic mass is 32.2. The first-order valence-corrected chi connectivity index (χ1v) is 7.11. The fourth-order valence-electron chi connectivity index (χ4n) is 2.00. The molecule has 17 heavy (non-hydrogen) atoms. The van der Waals surface area contributed by atoms with Gasteiger partial charge in [-0.25, -0.2) is 9.97 Å². The standard InChI is InChI=1S/C12H18N4S/c1-8-9(2)15-12(13)10-11(8)16(7-14-10)5-4-6-17-3/h7H,4-6H2,1-3H3,(H2,13,15). The predicted molar refractivity (Wildman–Crippen MR) is 74.4 cm³/mol. The van der Waals surface area contributed by atoms with Gasteiger partial charge in [0.1, 0.15) is 5.52 Å². The molecule has 0 aliphatic heterocycles. The first-order valence-electron chi connectivity index (χ1n) is 5.71. The van der Waals surface area contributed by atoms with Crippen LogP contribution in [0, 0.1) is 13.8 Å². The first kappa shape index (κ1) is 12.2. The molecule has 2 rings (SSSR count). The molecule has 2 aromatic heterocycles. The van der Waals surface area contributed by atoms with Crippen molar-refractivity contribution >= 4 is 28.6 Å². The lowest BCUT2D eigenvalue weighted by molar-refractivity contribution is 0.701. The maximum absolute atomic E-state index is 5.90. The van der Waals surface area contributed by atoms with E-state index in [1.807, 2.05) is 25.0 Å². The van der Waals surface area contributed by atoms with Crippen LogP contribution in [0.1, 0.15) is 17.7 Å². The molecule has 5 heteroatoms. The van der Waals surface area contributed by atoms with Gasteiger partial charge in [-0.1, -0.05) is 0 Å². The van der Waals surface area contributed by atoms with E-state index in [0.29, 0.717) is 5.82 Å². The topological polar surface area (TPSA) is 56.7 Å². The summed E-state index contributed by atoms with van der Waals surface area (Å²) in [6.45, 7) is 5.06. The lowest BCUT2D eigenvalue weighted by atomic mass is 10.2. The molecule has 0 radical (unpaired) electrons. The Hall–Kier alpha value is -1.23. The van der Waals surface area contributed by atoms with Crippen LogP contribution in [0.5, 0.6) is 0 Å². The summed E-state index contributed by atoms with van der Waals surface area (Å²) >= 11 is 1.87. The number of nitrogens with zero attached hydrogens (tertiary/aromatic N) is 3. The lowest BCUT2D eigenvalue weighted by Gasteiger charge is -2.08. The van der Waals surface area contributed by atoms with E-state index in [9.17, 15) is 0 Å². The van der Waals surface area contributed by atoms with Crippen LogP contribution in [0.4, 0.5) is 5.82 Å². The van der Waals surface area contributed by atoms with Gasteiger partial charge in [0.25, 0.3) is 0 Å². The van der Waals surface area contributed by atoms with Gasteiger partial charge in [0.2, 0.25) is 0 Å². The van der Waals surface area contributed by atoms with Crippen molar-refractivity contribution in [3.05, 3.63) is 17.6 Å². The number of aryl methyl sites for hydroxylation is 3. The van der Waals surface area contributed by atoms with Crippen molar-refractivity contribution in [3.8, 4) is 0 Å². The Morgan fingerprint density at radius 2 is 2.18 bits per heavy atom. The second-order valence-corrected chi connectivity index (χ2v) is 5.17. The summed E-state index contributed by atoms with van der Waals surface area (Å²) < 4.78 is 2.19. The average molecular weight is 250 g/mol. The van der Waals surface area contributed by atoms with Crippen LogP contribution in [0.3, 0.4) is 0 Å². The minimum absolute atomic E-state index is 0.534. The summed E-state index contributed by atoms with van der Waals surface area (Å²) in [5.74, 6) is 1.70. The number of aromatic nitrogens is 3. The van der Waals surface area contributed by atoms with Gasteiger partial charge in [0, 0.05) is 12.2 Å². The number of imidazole rings is 1. The van der Waals surface area contributed by atoms with Gasteiger partial charge < -0.3 is 10.3 Å². The third-order valence-electron chi connectivity index (χ3n) is 3.01. The van der Waals surface area contributed by atoms with Crippen LogP contribution in [-0.4, -0.2) is 26.5 Å². The monoisotopic (exact) mass is 250 g/mol. The van der Waals surface area contributed by atoms with E-state index in [0.717, 1.165) is 35.4 Å². The Morgan fingerprint density at radius 3 is 2.88 bits per heavy atom. The molecule has 2 heterocycles. The molecule has 0 amide bonds. The van der Waals surface area contributed by atoms with Gasteiger partial charge in [-0.15, -0.1) is 0 Å². The van der Waals surface area contributed by atoms with Gasteiger partial charge in [-0.05, 0) is 37.8 Å². The second kappa shape index (κ2) is 4.96. The van der Waals surface area contributed by atoms with Gasteiger partial charge >= 0.3 is 0 Å². The number of nitrogens with two attached hydrogens (primary N) is 1. The Labute approximate surface area is 106 Å². The van der Waals surface area contributed by atoms with E-state index in [1.54, 1.807) is 0 Å². The number of hydrogen-bond acceptors (Lipinski definition) is 4. The molecule has 2 N–H and O–H groups in total. The number of nitrogen functional groups attached to an aromatic ring is 1. The predicted octanol–water partition coefficient (Wildman–Crippen LogP) is 2.38. The third-order valence-corrected chi connectivity index (χ3v) is 3.71. The van der Waals surface area contributed by atoms with Crippen LogP contribution in [0.2, 0.25) is 0 Å². The summed E-state index contributed by atoms with van der Waals surface area (Å²) in [6.07, 6.45) is 5.14. The number of pyridine rings is 1. The maximum atomic E-state index is 5.90. The van der Waals surface area contributed by atoms with E-state index >= 15 is 0 Å². The molecule has 92 valence electrons. The van der Waals surface area contributed by atoms with Crippen molar-refractivity contribution in [2.45, 2.75) is 26.8 Å². The van der Waals surface area contributed by atoms with Crippen molar-refractivity contribution in [2.24, 2.45) is 0 Å². The van der Waals surface area contributed by atoms with Crippen LogP contribution in [0.25, 0.3) is 11.0 Å². The number of thioether (sulfide) groups is 1. The molecule has 0 saturated heterocycles. The van der Waals surface area contributed by atoms with E-state index in [1.165, 1.54) is 5.56 Å². The maximum Gasteiger partial charge on any atom is 0.151 e. The zero-order chi connectivity index (χ0) is 12.4. The summed E-state index contributed by atoms with van der Waals surface area (Å²) in [5, 5.41) is 0.